The number of benzene rings is 1. The summed E-state index contributed by atoms with van der Waals surface area (Å²) in [6.45, 7) is 3.06. The molecule has 1 aromatic heterocycles. The number of nitrogens with one attached hydrogen (secondary N) is 1. The second kappa shape index (κ2) is 6.54. The lowest BCUT2D eigenvalue weighted by Gasteiger charge is -2.13. The van der Waals surface area contributed by atoms with Gasteiger partial charge in [-0.05, 0) is 24.6 Å². The van der Waals surface area contributed by atoms with Gasteiger partial charge in [-0.2, -0.15) is 0 Å². The monoisotopic (exact) mass is 292 g/mol. The maximum atomic E-state index is 12.1. The maximum Gasteiger partial charge on any atom is 0.271 e. The molecule has 6 heteroatoms. The number of nitrogens with zero attached hydrogens (tertiary/aromatic N) is 2. The van der Waals surface area contributed by atoms with Crippen molar-refractivity contribution in [3.8, 4) is 0 Å². The molecule has 2 aromatic rings. The van der Waals surface area contributed by atoms with E-state index in [0.717, 1.165) is 5.56 Å². The van der Waals surface area contributed by atoms with Crippen molar-refractivity contribution in [2.45, 2.75) is 19.5 Å². The van der Waals surface area contributed by atoms with Gasteiger partial charge in [0.15, 0.2) is 0 Å². The van der Waals surface area contributed by atoms with E-state index in [0.29, 0.717) is 23.8 Å². The average molecular weight is 293 g/mol. The largest absolute Gasteiger partial charge is 0.344 e. The van der Waals surface area contributed by atoms with Crippen molar-refractivity contribution in [2.24, 2.45) is 5.73 Å². The smallest absolute Gasteiger partial charge is 0.271 e. The summed E-state index contributed by atoms with van der Waals surface area (Å²) in [4.78, 5) is 16.1. The molecule has 1 amide bonds. The van der Waals surface area contributed by atoms with Crippen LogP contribution in [-0.4, -0.2) is 22.0 Å². The molecule has 0 saturated heterocycles. The van der Waals surface area contributed by atoms with E-state index < -0.39 is 0 Å². The molecule has 0 bridgehead atoms. The molecule has 0 unspecified atom stereocenters. The normalized spacial score (nSPS) is 12.2. The van der Waals surface area contributed by atoms with Crippen molar-refractivity contribution < 1.29 is 4.79 Å². The van der Waals surface area contributed by atoms with E-state index in [2.05, 4.69) is 10.3 Å². The van der Waals surface area contributed by atoms with Crippen LogP contribution in [0.15, 0.2) is 36.8 Å². The van der Waals surface area contributed by atoms with Crippen molar-refractivity contribution in [3.63, 3.8) is 0 Å². The number of imidazole rings is 1. The number of rotatable bonds is 5. The van der Waals surface area contributed by atoms with Crippen LogP contribution in [-0.2, 0) is 6.54 Å². The summed E-state index contributed by atoms with van der Waals surface area (Å²) in [5.41, 5.74) is 6.79. The number of carbonyl (C=O) groups is 1. The summed E-state index contributed by atoms with van der Waals surface area (Å²) in [5.74, 6) is -0.215. The Bertz CT molecular complexity index is 596. The van der Waals surface area contributed by atoms with Crippen LogP contribution in [0.2, 0.25) is 5.02 Å². The molecule has 2 rings (SSSR count). The minimum atomic E-state index is -0.215. The summed E-state index contributed by atoms with van der Waals surface area (Å²) in [6.07, 6.45) is 3.29. The van der Waals surface area contributed by atoms with E-state index >= 15 is 0 Å². The predicted octanol–water partition coefficient (Wildman–Crippen LogP) is 1.99. The molecule has 1 aromatic carbocycles. The number of halogens is 1. The van der Waals surface area contributed by atoms with Gasteiger partial charge < -0.3 is 15.6 Å². The highest BCUT2D eigenvalue weighted by Gasteiger charge is 2.13. The molecule has 0 aliphatic rings. The Balaban J connectivity index is 2.03. The summed E-state index contributed by atoms with van der Waals surface area (Å²) >= 11 is 5.94. The van der Waals surface area contributed by atoms with E-state index in [1.54, 1.807) is 23.2 Å². The second-order valence-corrected chi connectivity index (χ2v) is 4.97. The lowest BCUT2D eigenvalue weighted by atomic mass is 10.1. The first-order chi connectivity index (χ1) is 9.60. The lowest BCUT2D eigenvalue weighted by molar-refractivity contribution is 0.0935. The van der Waals surface area contributed by atoms with Crippen LogP contribution in [0.5, 0.6) is 0 Å². The third-order valence-corrected chi connectivity index (χ3v) is 3.18. The maximum absolute atomic E-state index is 12.1. The van der Waals surface area contributed by atoms with Crippen LogP contribution in [0.25, 0.3) is 0 Å². The first-order valence-corrected chi connectivity index (χ1v) is 6.76. The predicted molar refractivity (Wildman–Crippen MR) is 78.6 cm³/mol. The van der Waals surface area contributed by atoms with Gasteiger partial charge in [0.1, 0.15) is 5.69 Å². The fraction of sp³-hybridized carbons (Fsp3) is 0.286. The van der Waals surface area contributed by atoms with Gasteiger partial charge in [0.25, 0.3) is 5.91 Å². The Kier molecular flexibility index (Phi) is 4.76. The fourth-order valence-electron chi connectivity index (χ4n) is 1.88. The van der Waals surface area contributed by atoms with Crippen LogP contribution in [0.1, 0.15) is 29.0 Å². The van der Waals surface area contributed by atoms with Gasteiger partial charge in [-0.15, -0.1) is 0 Å². The minimum absolute atomic E-state index is 0.138. The van der Waals surface area contributed by atoms with Gasteiger partial charge in [0.05, 0.1) is 12.4 Å². The standard InChI is InChI=1S/C14H17ClN4O/c1-10(11-3-2-4-12(15)7-11)18-14(20)13-8-19(6-5-16)9-17-13/h2-4,7-10H,5-6,16H2,1H3,(H,18,20)/t10-/m1/s1. The van der Waals surface area contributed by atoms with Crippen molar-refractivity contribution in [3.05, 3.63) is 53.1 Å². The SMILES string of the molecule is C[C@@H](NC(=O)c1cn(CCN)cn1)c1cccc(Cl)c1. The van der Waals surface area contributed by atoms with Crippen LogP contribution >= 0.6 is 11.6 Å². The minimum Gasteiger partial charge on any atom is -0.344 e. The zero-order valence-electron chi connectivity index (χ0n) is 11.2. The third kappa shape index (κ3) is 3.59. The summed E-state index contributed by atoms with van der Waals surface area (Å²) < 4.78 is 1.79. The van der Waals surface area contributed by atoms with E-state index in [-0.39, 0.29) is 11.9 Å². The zero-order chi connectivity index (χ0) is 14.5. The number of aromatic nitrogens is 2. The highest BCUT2D eigenvalue weighted by atomic mass is 35.5. The van der Waals surface area contributed by atoms with Gasteiger partial charge >= 0.3 is 0 Å². The van der Waals surface area contributed by atoms with E-state index in [9.17, 15) is 4.79 Å². The number of carbonyl (C=O) groups excluding carboxylic acids is 1. The first-order valence-electron chi connectivity index (χ1n) is 6.38. The van der Waals surface area contributed by atoms with E-state index in [1.807, 2.05) is 25.1 Å². The molecule has 3 N–H and O–H groups in total. The molecule has 0 spiro atoms. The molecular formula is C14H17ClN4O. The fourth-order valence-corrected chi connectivity index (χ4v) is 2.08. The van der Waals surface area contributed by atoms with Gasteiger partial charge in [0, 0.05) is 24.3 Å². The van der Waals surface area contributed by atoms with E-state index in [1.165, 1.54) is 0 Å². The molecule has 0 aliphatic carbocycles. The van der Waals surface area contributed by atoms with Crippen LogP contribution in [0.3, 0.4) is 0 Å². The molecule has 0 aliphatic heterocycles. The van der Waals surface area contributed by atoms with Crippen LogP contribution in [0, 0.1) is 0 Å². The van der Waals surface area contributed by atoms with Gasteiger partial charge in [0.2, 0.25) is 0 Å². The molecule has 0 fully saturated rings. The average Bonchev–Trinajstić information content (AvgIpc) is 2.88. The molecule has 5 nitrogen and oxygen atoms in total. The highest BCUT2D eigenvalue weighted by Crippen LogP contribution is 2.17. The Labute approximate surface area is 122 Å². The van der Waals surface area contributed by atoms with Crippen LogP contribution in [0.4, 0.5) is 0 Å². The number of amides is 1. The van der Waals surface area contributed by atoms with Gasteiger partial charge in [-0.3, -0.25) is 4.79 Å². The highest BCUT2D eigenvalue weighted by molar-refractivity contribution is 6.30. The zero-order valence-corrected chi connectivity index (χ0v) is 12.0. The Morgan fingerprint density at radius 2 is 2.35 bits per heavy atom. The molecule has 1 heterocycles. The van der Waals surface area contributed by atoms with Crippen molar-refractivity contribution in [1.82, 2.24) is 14.9 Å². The number of hydrogen-bond acceptors (Lipinski definition) is 3. The topological polar surface area (TPSA) is 72.9 Å². The molecular weight excluding hydrogens is 276 g/mol. The summed E-state index contributed by atoms with van der Waals surface area (Å²) in [7, 11) is 0. The van der Waals surface area contributed by atoms with E-state index in [4.69, 9.17) is 17.3 Å². The Morgan fingerprint density at radius 1 is 1.55 bits per heavy atom. The van der Waals surface area contributed by atoms with Crippen molar-refractivity contribution in [2.75, 3.05) is 6.54 Å². The van der Waals surface area contributed by atoms with Crippen LogP contribution < -0.4 is 11.1 Å². The Hall–Kier alpha value is -1.85. The molecule has 20 heavy (non-hydrogen) atoms. The quantitative estimate of drug-likeness (QED) is 0.885. The lowest BCUT2D eigenvalue weighted by Crippen LogP contribution is -2.26. The van der Waals surface area contributed by atoms with Gasteiger partial charge in [-0.1, -0.05) is 23.7 Å². The molecule has 1 atom stereocenters. The summed E-state index contributed by atoms with van der Waals surface area (Å²) in [5, 5.41) is 3.54. The number of nitrogens with two attached hydrogens (primary N) is 1. The molecule has 106 valence electrons. The summed E-state index contributed by atoms with van der Waals surface area (Å²) in [6, 6.07) is 7.27. The molecule has 0 radical (unpaired) electrons. The van der Waals surface area contributed by atoms with Crippen molar-refractivity contribution >= 4 is 17.5 Å². The first kappa shape index (κ1) is 14.6. The Morgan fingerprint density at radius 3 is 3.05 bits per heavy atom. The number of hydrogen-bond donors (Lipinski definition) is 2. The van der Waals surface area contributed by atoms with Gasteiger partial charge in [-0.25, -0.2) is 4.98 Å². The van der Waals surface area contributed by atoms with Crippen molar-refractivity contribution in [1.29, 1.82) is 0 Å². The third-order valence-electron chi connectivity index (χ3n) is 2.95. The second-order valence-electron chi connectivity index (χ2n) is 4.54. The molecule has 0 saturated carbocycles.